The van der Waals surface area contributed by atoms with E-state index in [4.69, 9.17) is 16.3 Å². The summed E-state index contributed by atoms with van der Waals surface area (Å²) < 4.78 is 5.54. The number of nitrogens with one attached hydrogen (secondary N) is 2. The maximum atomic E-state index is 6.23. The van der Waals surface area contributed by atoms with Gasteiger partial charge in [0, 0.05) is 35.3 Å². The van der Waals surface area contributed by atoms with Gasteiger partial charge in [-0.1, -0.05) is 54.8 Å². The second kappa shape index (κ2) is 9.30. The molecule has 4 atom stereocenters. The number of rotatable bonds is 5. The van der Waals surface area contributed by atoms with E-state index in [0.717, 1.165) is 28.8 Å². The molecular weight excluding hydrogens is 368 g/mol. The molecule has 150 valence electrons. The van der Waals surface area contributed by atoms with Crippen LogP contribution in [0.25, 0.3) is 0 Å². The van der Waals surface area contributed by atoms with Crippen molar-refractivity contribution >= 4 is 11.6 Å². The topological polar surface area (TPSA) is 33.3 Å². The Morgan fingerprint density at radius 3 is 2.68 bits per heavy atom. The van der Waals surface area contributed by atoms with E-state index >= 15 is 0 Å². The summed E-state index contributed by atoms with van der Waals surface area (Å²) in [6.45, 7) is 0.759. The van der Waals surface area contributed by atoms with Crippen LogP contribution in [0.15, 0.2) is 48.5 Å². The first kappa shape index (κ1) is 19.8. The van der Waals surface area contributed by atoms with E-state index in [1.807, 2.05) is 18.2 Å². The van der Waals surface area contributed by atoms with Gasteiger partial charge in [-0.25, -0.2) is 0 Å². The lowest BCUT2D eigenvalue weighted by Crippen LogP contribution is -2.45. The van der Waals surface area contributed by atoms with Crippen molar-refractivity contribution in [3.8, 4) is 5.75 Å². The highest BCUT2D eigenvalue weighted by molar-refractivity contribution is 6.30. The fraction of sp³-hybridized carbons (Fsp3) is 0.500. The van der Waals surface area contributed by atoms with Crippen molar-refractivity contribution in [1.82, 2.24) is 10.6 Å². The van der Waals surface area contributed by atoms with Crippen LogP contribution in [0.1, 0.15) is 55.7 Å². The van der Waals surface area contributed by atoms with Crippen molar-refractivity contribution in [2.24, 2.45) is 5.92 Å². The molecular formula is C24H31ClN2O. The number of halogens is 1. The molecule has 4 rings (SSSR count). The maximum absolute atomic E-state index is 6.23. The minimum Gasteiger partial charge on any atom is -0.496 e. The van der Waals surface area contributed by atoms with Gasteiger partial charge in [-0.15, -0.1) is 0 Å². The van der Waals surface area contributed by atoms with Crippen LogP contribution >= 0.6 is 11.6 Å². The third-order valence-electron chi connectivity index (χ3n) is 6.51. The minimum absolute atomic E-state index is 0.333. The van der Waals surface area contributed by atoms with E-state index < -0.39 is 0 Å². The summed E-state index contributed by atoms with van der Waals surface area (Å²) in [6.07, 6.45) is 7.91. The highest BCUT2D eigenvalue weighted by Crippen LogP contribution is 2.36. The van der Waals surface area contributed by atoms with E-state index in [1.165, 1.54) is 44.1 Å². The molecule has 2 aliphatic rings. The lowest BCUT2D eigenvalue weighted by atomic mass is 9.82. The van der Waals surface area contributed by atoms with Gasteiger partial charge in [-0.3, -0.25) is 0 Å². The highest BCUT2D eigenvalue weighted by Gasteiger charge is 2.34. The molecule has 3 nitrogen and oxygen atoms in total. The monoisotopic (exact) mass is 398 g/mol. The van der Waals surface area contributed by atoms with Gasteiger partial charge >= 0.3 is 0 Å². The Labute approximate surface area is 173 Å². The highest BCUT2D eigenvalue weighted by atomic mass is 35.5. The molecule has 0 spiro atoms. The van der Waals surface area contributed by atoms with Gasteiger partial charge in [0.2, 0.25) is 0 Å². The number of ether oxygens (including phenoxy) is 1. The molecule has 4 unspecified atom stereocenters. The van der Waals surface area contributed by atoms with Crippen LogP contribution in [-0.4, -0.2) is 19.2 Å². The van der Waals surface area contributed by atoms with E-state index in [1.54, 1.807) is 7.11 Å². The Bertz CT molecular complexity index is 766. The van der Waals surface area contributed by atoms with Gasteiger partial charge in [0.05, 0.1) is 7.11 Å². The molecule has 2 N–H and O–H groups in total. The summed E-state index contributed by atoms with van der Waals surface area (Å²) in [6, 6.07) is 18.1. The molecule has 0 amide bonds. The molecule has 1 aliphatic carbocycles. The normalized spacial score (nSPS) is 27.6. The first-order chi connectivity index (χ1) is 13.7. The van der Waals surface area contributed by atoms with Crippen LogP contribution in [0.5, 0.6) is 5.75 Å². The first-order valence-corrected chi connectivity index (χ1v) is 11.0. The van der Waals surface area contributed by atoms with Gasteiger partial charge in [0.15, 0.2) is 0 Å². The van der Waals surface area contributed by atoms with Crippen LogP contribution < -0.4 is 15.4 Å². The van der Waals surface area contributed by atoms with E-state index in [0.29, 0.717) is 18.1 Å². The van der Waals surface area contributed by atoms with Crippen molar-refractivity contribution in [3.05, 3.63) is 64.7 Å². The smallest absolute Gasteiger partial charge is 0.123 e. The SMILES string of the molecule is COc1ccc(Cl)cc1CNC1CCC2CCCCC2NC1c1ccccc1. The molecule has 1 heterocycles. The summed E-state index contributed by atoms with van der Waals surface area (Å²) in [7, 11) is 1.72. The number of methoxy groups -OCH3 is 1. The van der Waals surface area contributed by atoms with E-state index in [9.17, 15) is 0 Å². The maximum Gasteiger partial charge on any atom is 0.123 e. The largest absolute Gasteiger partial charge is 0.496 e. The quantitative estimate of drug-likeness (QED) is 0.698. The number of fused-ring (bicyclic) bond motifs is 1. The Kier molecular flexibility index (Phi) is 6.56. The van der Waals surface area contributed by atoms with Gasteiger partial charge in [0.1, 0.15) is 5.75 Å². The first-order valence-electron chi connectivity index (χ1n) is 10.6. The molecule has 4 heteroatoms. The average molecular weight is 399 g/mol. The third kappa shape index (κ3) is 4.53. The van der Waals surface area contributed by atoms with Crippen molar-refractivity contribution in [2.45, 2.75) is 63.2 Å². The Morgan fingerprint density at radius 2 is 1.86 bits per heavy atom. The number of hydrogen-bond donors (Lipinski definition) is 2. The molecule has 2 aromatic rings. The zero-order valence-corrected chi connectivity index (χ0v) is 17.4. The molecule has 0 aromatic heterocycles. The fourth-order valence-corrected chi connectivity index (χ4v) is 5.21. The Balaban J connectivity index is 1.55. The van der Waals surface area contributed by atoms with Crippen molar-refractivity contribution in [2.75, 3.05) is 7.11 Å². The van der Waals surface area contributed by atoms with Gasteiger partial charge < -0.3 is 15.4 Å². The number of benzene rings is 2. The molecule has 1 saturated carbocycles. The lowest BCUT2D eigenvalue weighted by Gasteiger charge is -2.34. The Morgan fingerprint density at radius 1 is 1.04 bits per heavy atom. The second-order valence-corrected chi connectivity index (χ2v) is 8.66. The summed E-state index contributed by atoms with van der Waals surface area (Å²) >= 11 is 6.23. The van der Waals surface area contributed by atoms with Crippen LogP contribution in [-0.2, 0) is 6.54 Å². The third-order valence-corrected chi connectivity index (χ3v) is 6.74. The summed E-state index contributed by atoms with van der Waals surface area (Å²) in [5.41, 5.74) is 2.49. The van der Waals surface area contributed by atoms with Crippen molar-refractivity contribution < 1.29 is 4.74 Å². The van der Waals surface area contributed by atoms with Crippen LogP contribution in [0.3, 0.4) is 0 Å². The zero-order chi connectivity index (χ0) is 19.3. The van der Waals surface area contributed by atoms with Gasteiger partial charge in [-0.05, 0) is 55.4 Å². The van der Waals surface area contributed by atoms with E-state index in [2.05, 4.69) is 41.0 Å². The molecule has 2 aromatic carbocycles. The molecule has 2 fully saturated rings. The second-order valence-electron chi connectivity index (χ2n) is 8.23. The minimum atomic E-state index is 0.333. The van der Waals surface area contributed by atoms with Crippen molar-refractivity contribution in [1.29, 1.82) is 0 Å². The summed E-state index contributed by atoms with van der Waals surface area (Å²) in [4.78, 5) is 0. The molecule has 1 aliphatic heterocycles. The Hall–Kier alpha value is -1.55. The van der Waals surface area contributed by atoms with Gasteiger partial charge in [0.25, 0.3) is 0 Å². The van der Waals surface area contributed by atoms with Crippen molar-refractivity contribution in [3.63, 3.8) is 0 Å². The molecule has 0 bridgehead atoms. The average Bonchev–Trinajstić information content (AvgIpc) is 2.92. The van der Waals surface area contributed by atoms with Crippen LogP contribution in [0.4, 0.5) is 0 Å². The lowest BCUT2D eigenvalue weighted by molar-refractivity contribution is 0.253. The summed E-state index contributed by atoms with van der Waals surface area (Å²) in [5, 5.41) is 8.63. The molecule has 1 saturated heterocycles. The molecule has 0 radical (unpaired) electrons. The van der Waals surface area contributed by atoms with E-state index in [-0.39, 0.29) is 0 Å². The van der Waals surface area contributed by atoms with Crippen LogP contribution in [0.2, 0.25) is 5.02 Å². The standard InChI is InChI=1S/C24H31ClN2O/c1-28-23-14-12-20(25)15-19(23)16-26-22-13-11-17-7-5-6-10-21(17)27-24(22)18-8-3-2-4-9-18/h2-4,8-9,12,14-15,17,21-22,24,26-27H,5-7,10-11,13,16H2,1H3. The molecule has 28 heavy (non-hydrogen) atoms. The number of hydrogen-bond acceptors (Lipinski definition) is 3. The van der Waals surface area contributed by atoms with Gasteiger partial charge in [-0.2, -0.15) is 0 Å². The predicted octanol–water partition coefficient (Wildman–Crippen LogP) is 5.49. The zero-order valence-electron chi connectivity index (χ0n) is 16.7. The summed E-state index contributed by atoms with van der Waals surface area (Å²) in [5.74, 6) is 1.70. The van der Waals surface area contributed by atoms with Crippen LogP contribution in [0, 0.1) is 5.92 Å². The fourth-order valence-electron chi connectivity index (χ4n) is 5.01. The predicted molar refractivity (Wildman–Crippen MR) is 116 cm³/mol.